The summed E-state index contributed by atoms with van der Waals surface area (Å²) in [5, 5.41) is 23.0. The number of aliphatic hydroxyl groups is 1. The van der Waals surface area contributed by atoms with Gasteiger partial charge in [0.1, 0.15) is 0 Å². The van der Waals surface area contributed by atoms with Gasteiger partial charge in [-0.05, 0) is 32.4 Å². The third kappa shape index (κ3) is 4.15. The van der Waals surface area contributed by atoms with Gasteiger partial charge in [-0.3, -0.25) is 0 Å². The molecule has 104 valence electrons. The van der Waals surface area contributed by atoms with Gasteiger partial charge in [-0.2, -0.15) is 0 Å². The molecule has 0 aliphatic carbocycles. The number of urea groups is 1. The van der Waals surface area contributed by atoms with E-state index in [0.717, 1.165) is 19.4 Å². The molecule has 1 heterocycles. The molecule has 4 N–H and O–H groups in total. The Labute approximate surface area is 106 Å². The van der Waals surface area contributed by atoms with Crippen LogP contribution in [0.5, 0.6) is 0 Å². The Bertz CT molecular complexity index is 296. The minimum Gasteiger partial charge on any atom is -0.480 e. The number of carboxylic acid groups (broad SMARTS) is 1. The van der Waals surface area contributed by atoms with Crippen LogP contribution in [-0.2, 0) is 4.79 Å². The fraction of sp³-hybridized carbons (Fsp3) is 0.818. The van der Waals surface area contributed by atoms with Crippen LogP contribution in [0.2, 0.25) is 0 Å². The molecule has 2 amide bonds. The first kappa shape index (κ1) is 14.7. The Morgan fingerprint density at radius 2 is 2.22 bits per heavy atom. The number of hydrogen-bond acceptors (Lipinski definition) is 4. The molecular formula is C11H21N3O4. The number of rotatable bonds is 5. The van der Waals surface area contributed by atoms with Gasteiger partial charge in [0, 0.05) is 13.1 Å². The monoisotopic (exact) mass is 259 g/mol. The first-order valence-corrected chi connectivity index (χ1v) is 6.12. The van der Waals surface area contributed by atoms with Crippen molar-refractivity contribution in [2.45, 2.75) is 18.9 Å². The molecule has 0 aromatic carbocycles. The zero-order valence-electron chi connectivity index (χ0n) is 10.6. The summed E-state index contributed by atoms with van der Waals surface area (Å²) in [7, 11) is 1.87. The molecule has 0 aromatic rings. The van der Waals surface area contributed by atoms with Crippen LogP contribution in [0.4, 0.5) is 4.79 Å². The Morgan fingerprint density at radius 1 is 1.50 bits per heavy atom. The Hall–Kier alpha value is -1.34. The van der Waals surface area contributed by atoms with E-state index in [0.29, 0.717) is 19.0 Å². The van der Waals surface area contributed by atoms with Crippen LogP contribution >= 0.6 is 0 Å². The van der Waals surface area contributed by atoms with Crippen molar-refractivity contribution in [1.82, 2.24) is 15.5 Å². The number of nitrogens with one attached hydrogen (secondary N) is 2. The molecule has 0 bridgehead atoms. The maximum absolute atomic E-state index is 11.8. The number of carbonyl (C=O) groups is 2. The van der Waals surface area contributed by atoms with Gasteiger partial charge in [0.2, 0.25) is 0 Å². The second-order valence-electron chi connectivity index (χ2n) is 4.53. The van der Waals surface area contributed by atoms with Gasteiger partial charge in [0.15, 0.2) is 6.04 Å². The third-order valence-electron chi connectivity index (χ3n) is 3.08. The van der Waals surface area contributed by atoms with E-state index in [1.54, 1.807) is 4.90 Å². The molecule has 7 nitrogen and oxygen atoms in total. The molecule has 2 atom stereocenters. The number of amides is 2. The van der Waals surface area contributed by atoms with Gasteiger partial charge in [0.05, 0.1) is 6.61 Å². The molecule has 1 fully saturated rings. The van der Waals surface area contributed by atoms with Crippen LogP contribution in [0.15, 0.2) is 0 Å². The van der Waals surface area contributed by atoms with Gasteiger partial charge >= 0.3 is 12.0 Å². The summed E-state index contributed by atoms with van der Waals surface area (Å²) in [6, 6.07) is -1.65. The smallest absolute Gasteiger partial charge is 0.328 e. The Kier molecular flexibility index (Phi) is 5.87. The molecule has 1 saturated heterocycles. The van der Waals surface area contributed by atoms with Crippen molar-refractivity contribution in [2.75, 3.05) is 33.3 Å². The fourth-order valence-corrected chi connectivity index (χ4v) is 2.13. The number of piperidine rings is 1. The van der Waals surface area contributed by atoms with Crippen LogP contribution in [0.25, 0.3) is 0 Å². The predicted molar refractivity (Wildman–Crippen MR) is 65.3 cm³/mol. The van der Waals surface area contributed by atoms with Crippen molar-refractivity contribution in [3.63, 3.8) is 0 Å². The lowest BCUT2D eigenvalue weighted by molar-refractivity contribution is -0.140. The van der Waals surface area contributed by atoms with Crippen LogP contribution in [0, 0.1) is 5.92 Å². The van der Waals surface area contributed by atoms with Crippen molar-refractivity contribution in [2.24, 2.45) is 5.92 Å². The van der Waals surface area contributed by atoms with Gasteiger partial charge < -0.3 is 25.7 Å². The predicted octanol–water partition coefficient (Wildman–Crippen LogP) is -0.927. The van der Waals surface area contributed by atoms with E-state index in [9.17, 15) is 9.59 Å². The highest BCUT2D eigenvalue weighted by atomic mass is 16.4. The number of nitrogens with zero attached hydrogens (tertiary/aromatic N) is 1. The maximum atomic E-state index is 11.8. The van der Waals surface area contributed by atoms with Crippen molar-refractivity contribution < 1.29 is 19.8 Å². The summed E-state index contributed by atoms with van der Waals surface area (Å²) in [4.78, 5) is 24.2. The first-order valence-electron chi connectivity index (χ1n) is 6.12. The third-order valence-corrected chi connectivity index (χ3v) is 3.08. The lowest BCUT2D eigenvalue weighted by Gasteiger charge is -2.33. The number of aliphatic hydroxyl groups excluding tert-OH is 1. The normalized spacial score (nSPS) is 21.4. The Morgan fingerprint density at radius 3 is 2.78 bits per heavy atom. The van der Waals surface area contributed by atoms with Gasteiger partial charge in [-0.15, -0.1) is 0 Å². The average molecular weight is 259 g/mol. The van der Waals surface area contributed by atoms with E-state index in [4.69, 9.17) is 10.2 Å². The molecule has 1 rings (SSSR count). The topological polar surface area (TPSA) is 102 Å². The van der Waals surface area contributed by atoms with Gasteiger partial charge in [-0.1, -0.05) is 0 Å². The lowest BCUT2D eigenvalue weighted by atomic mass is 9.98. The van der Waals surface area contributed by atoms with E-state index in [1.807, 2.05) is 7.05 Å². The van der Waals surface area contributed by atoms with Gasteiger partial charge in [-0.25, -0.2) is 9.59 Å². The summed E-state index contributed by atoms with van der Waals surface area (Å²) >= 11 is 0. The quantitative estimate of drug-likeness (QED) is 0.511. The molecule has 18 heavy (non-hydrogen) atoms. The second-order valence-corrected chi connectivity index (χ2v) is 4.53. The first-order chi connectivity index (χ1) is 8.58. The SMILES string of the molecule is CNCC1CCCN(C(=O)N[C@H](CO)C(=O)O)C1. The average Bonchev–Trinajstić information content (AvgIpc) is 2.36. The highest BCUT2D eigenvalue weighted by Gasteiger charge is 2.26. The molecule has 0 spiro atoms. The molecule has 0 aromatic heterocycles. The number of hydrogen-bond donors (Lipinski definition) is 4. The van der Waals surface area contributed by atoms with Crippen molar-refractivity contribution in [3.05, 3.63) is 0 Å². The number of aliphatic carboxylic acids is 1. The highest BCUT2D eigenvalue weighted by Crippen LogP contribution is 2.15. The number of carbonyl (C=O) groups excluding carboxylic acids is 1. The van der Waals surface area contributed by atoms with Crippen LogP contribution in [-0.4, -0.2) is 66.4 Å². The molecule has 0 radical (unpaired) electrons. The molecule has 1 aliphatic rings. The Balaban J connectivity index is 2.47. The van der Waals surface area contributed by atoms with E-state index in [-0.39, 0.29) is 0 Å². The van der Waals surface area contributed by atoms with E-state index in [2.05, 4.69) is 10.6 Å². The number of likely N-dealkylation sites (tertiary alicyclic amines) is 1. The largest absolute Gasteiger partial charge is 0.480 e. The summed E-state index contributed by atoms with van der Waals surface area (Å²) in [5.41, 5.74) is 0. The minimum atomic E-state index is -1.23. The van der Waals surface area contributed by atoms with E-state index in [1.165, 1.54) is 0 Å². The summed E-state index contributed by atoms with van der Waals surface area (Å²) < 4.78 is 0. The zero-order valence-corrected chi connectivity index (χ0v) is 10.6. The van der Waals surface area contributed by atoms with Crippen molar-refractivity contribution in [1.29, 1.82) is 0 Å². The minimum absolute atomic E-state index is 0.395. The van der Waals surface area contributed by atoms with Crippen molar-refractivity contribution in [3.8, 4) is 0 Å². The van der Waals surface area contributed by atoms with E-state index >= 15 is 0 Å². The van der Waals surface area contributed by atoms with E-state index < -0.39 is 24.6 Å². The maximum Gasteiger partial charge on any atom is 0.328 e. The molecular weight excluding hydrogens is 238 g/mol. The van der Waals surface area contributed by atoms with Crippen molar-refractivity contribution >= 4 is 12.0 Å². The van der Waals surface area contributed by atoms with Crippen LogP contribution in [0.1, 0.15) is 12.8 Å². The summed E-state index contributed by atoms with van der Waals surface area (Å²) in [6.45, 7) is 1.48. The summed E-state index contributed by atoms with van der Waals surface area (Å²) in [5.74, 6) is -0.832. The standard InChI is InChI=1S/C11H21N3O4/c1-12-5-8-3-2-4-14(6-8)11(18)13-9(7-15)10(16)17/h8-9,12,15H,2-7H2,1H3,(H,13,18)(H,16,17)/t8?,9-/m1/s1. The fourth-order valence-electron chi connectivity index (χ4n) is 2.13. The zero-order chi connectivity index (χ0) is 13.5. The summed E-state index contributed by atoms with van der Waals surface area (Å²) in [6.07, 6.45) is 1.98. The van der Waals surface area contributed by atoms with Crippen LogP contribution in [0.3, 0.4) is 0 Å². The van der Waals surface area contributed by atoms with Gasteiger partial charge in [0.25, 0.3) is 0 Å². The molecule has 1 unspecified atom stereocenters. The second kappa shape index (κ2) is 7.17. The number of carboxylic acids is 1. The molecule has 1 aliphatic heterocycles. The van der Waals surface area contributed by atoms with Crippen LogP contribution < -0.4 is 10.6 Å². The molecule has 7 heteroatoms. The molecule has 0 saturated carbocycles. The lowest BCUT2D eigenvalue weighted by Crippen LogP contribution is -2.52. The highest BCUT2D eigenvalue weighted by molar-refractivity contribution is 5.82.